The van der Waals surface area contributed by atoms with Crippen molar-refractivity contribution in [2.24, 2.45) is 0 Å². The minimum Gasteiger partial charge on any atom is -0.494 e. The van der Waals surface area contributed by atoms with Crippen LogP contribution in [0.1, 0.15) is 6.92 Å². The van der Waals surface area contributed by atoms with Crippen molar-refractivity contribution < 1.29 is 17.9 Å². The van der Waals surface area contributed by atoms with Crippen LogP contribution in [0.2, 0.25) is 10.0 Å². The van der Waals surface area contributed by atoms with E-state index in [2.05, 4.69) is 5.32 Å². The van der Waals surface area contributed by atoms with Gasteiger partial charge in [-0.15, -0.1) is 11.8 Å². The molecule has 10 heteroatoms. The van der Waals surface area contributed by atoms with Crippen molar-refractivity contribution >= 4 is 56.6 Å². The molecule has 0 unspecified atom stereocenters. The highest BCUT2D eigenvalue weighted by Crippen LogP contribution is 2.26. The Bertz CT molecular complexity index is 1190. The molecule has 0 aliphatic carbocycles. The fourth-order valence-corrected chi connectivity index (χ4v) is 5.44. The number of nitrogens with zero attached hydrogens (tertiary/aromatic N) is 1. The number of amides is 1. The van der Waals surface area contributed by atoms with Crippen LogP contribution < -0.4 is 14.4 Å². The Labute approximate surface area is 214 Å². The summed E-state index contributed by atoms with van der Waals surface area (Å²) in [4.78, 5) is 13.8. The van der Waals surface area contributed by atoms with Crippen molar-refractivity contribution in [3.8, 4) is 5.75 Å². The predicted octanol–water partition coefficient (Wildman–Crippen LogP) is 5.50. The minimum atomic E-state index is -4.01. The smallest absolute Gasteiger partial charge is 0.264 e. The summed E-state index contributed by atoms with van der Waals surface area (Å²) in [6, 6.07) is 19.8. The van der Waals surface area contributed by atoms with Gasteiger partial charge >= 0.3 is 0 Å². The Hall–Kier alpha value is -2.39. The van der Waals surface area contributed by atoms with Crippen LogP contribution >= 0.6 is 35.0 Å². The zero-order valence-electron chi connectivity index (χ0n) is 18.4. The number of carbonyl (C=O) groups excluding carboxylic acids is 1. The molecule has 0 saturated heterocycles. The van der Waals surface area contributed by atoms with E-state index >= 15 is 0 Å². The van der Waals surface area contributed by atoms with Crippen molar-refractivity contribution in [2.45, 2.75) is 16.7 Å². The van der Waals surface area contributed by atoms with Gasteiger partial charge in [0.05, 0.1) is 17.2 Å². The summed E-state index contributed by atoms with van der Waals surface area (Å²) in [5, 5.41) is 3.87. The van der Waals surface area contributed by atoms with Gasteiger partial charge in [0.15, 0.2) is 0 Å². The molecule has 34 heavy (non-hydrogen) atoms. The van der Waals surface area contributed by atoms with Crippen LogP contribution in [0.5, 0.6) is 5.75 Å². The maximum atomic E-state index is 13.4. The second-order valence-electron chi connectivity index (χ2n) is 7.04. The summed E-state index contributed by atoms with van der Waals surface area (Å²) in [5.74, 6) is 0.822. The Kier molecular flexibility index (Phi) is 9.53. The van der Waals surface area contributed by atoms with E-state index in [4.69, 9.17) is 27.9 Å². The van der Waals surface area contributed by atoms with Crippen LogP contribution in [0.15, 0.2) is 82.6 Å². The van der Waals surface area contributed by atoms with Crippen LogP contribution in [-0.2, 0) is 14.8 Å². The number of halogens is 2. The fourth-order valence-electron chi connectivity index (χ4n) is 3.00. The van der Waals surface area contributed by atoms with E-state index in [1.165, 1.54) is 24.3 Å². The lowest BCUT2D eigenvalue weighted by Gasteiger charge is -2.24. The Morgan fingerprint density at radius 1 is 0.941 bits per heavy atom. The van der Waals surface area contributed by atoms with E-state index in [0.717, 1.165) is 9.20 Å². The number of rotatable bonds is 11. The molecule has 3 aromatic carbocycles. The molecule has 180 valence electrons. The molecule has 1 N–H and O–H groups in total. The molecule has 3 rings (SSSR count). The highest BCUT2D eigenvalue weighted by Gasteiger charge is 2.27. The lowest BCUT2D eigenvalue weighted by Crippen LogP contribution is -2.41. The molecule has 0 heterocycles. The molecule has 0 aliphatic heterocycles. The topological polar surface area (TPSA) is 75.7 Å². The zero-order chi connectivity index (χ0) is 24.6. The van der Waals surface area contributed by atoms with Crippen molar-refractivity contribution in [3.05, 3.63) is 82.8 Å². The maximum absolute atomic E-state index is 13.4. The first-order chi connectivity index (χ1) is 16.3. The number of nitrogens with one attached hydrogen (secondary N) is 1. The van der Waals surface area contributed by atoms with Crippen molar-refractivity contribution in [3.63, 3.8) is 0 Å². The third-order valence-electron chi connectivity index (χ3n) is 4.63. The Balaban J connectivity index is 1.71. The first kappa shape index (κ1) is 26.2. The summed E-state index contributed by atoms with van der Waals surface area (Å²) in [7, 11) is -4.01. The van der Waals surface area contributed by atoms with Crippen LogP contribution in [0.25, 0.3) is 0 Å². The van der Waals surface area contributed by atoms with Crippen LogP contribution in [-0.4, -0.2) is 39.8 Å². The largest absolute Gasteiger partial charge is 0.494 e. The highest BCUT2D eigenvalue weighted by molar-refractivity contribution is 7.99. The van der Waals surface area contributed by atoms with Crippen LogP contribution in [0, 0.1) is 0 Å². The summed E-state index contributed by atoms with van der Waals surface area (Å²) in [6.07, 6.45) is 0. The molecular weight excluding hydrogens is 515 g/mol. The number of thioether (sulfide) groups is 1. The average molecular weight is 540 g/mol. The van der Waals surface area contributed by atoms with Crippen molar-refractivity contribution in [2.75, 3.05) is 29.8 Å². The van der Waals surface area contributed by atoms with Gasteiger partial charge < -0.3 is 10.1 Å². The first-order valence-corrected chi connectivity index (χ1v) is 13.6. The molecule has 0 aliphatic rings. The van der Waals surface area contributed by atoms with Gasteiger partial charge in [-0.3, -0.25) is 9.10 Å². The van der Waals surface area contributed by atoms with Crippen LogP contribution in [0.4, 0.5) is 5.69 Å². The van der Waals surface area contributed by atoms with E-state index < -0.39 is 15.9 Å². The molecule has 0 atom stereocenters. The molecule has 3 aromatic rings. The number of sulfonamides is 1. The van der Waals surface area contributed by atoms with E-state index in [9.17, 15) is 13.2 Å². The number of hydrogen-bond acceptors (Lipinski definition) is 5. The van der Waals surface area contributed by atoms with Gasteiger partial charge in [0.1, 0.15) is 12.3 Å². The van der Waals surface area contributed by atoms with Gasteiger partial charge in [-0.2, -0.15) is 0 Å². The summed E-state index contributed by atoms with van der Waals surface area (Å²) >= 11 is 13.4. The average Bonchev–Trinajstić information content (AvgIpc) is 2.82. The van der Waals surface area contributed by atoms with Gasteiger partial charge in [0, 0.05) is 27.2 Å². The number of hydrogen-bond donors (Lipinski definition) is 1. The molecule has 0 spiro atoms. The van der Waals surface area contributed by atoms with E-state index in [1.54, 1.807) is 48.2 Å². The van der Waals surface area contributed by atoms with Gasteiger partial charge in [-0.1, -0.05) is 23.2 Å². The van der Waals surface area contributed by atoms with Gasteiger partial charge in [-0.05, 0) is 79.7 Å². The second-order valence-corrected chi connectivity index (χ2v) is 10.9. The molecule has 0 radical (unpaired) electrons. The summed E-state index contributed by atoms with van der Waals surface area (Å²) < 4.78 is 33.3. The molecule has 0 saturated carbocycles. The third-order valence-corrected chi connectivity index (χ3v) is 7.94. The lowest BCUT2D eigenvalue weighted by molar-refractivity contribution is -0.119. The minimum absolute atomic E-state index is 0.0388. The number of anilines is 1. The predicted molar refractivity (Wildman–Crippen MR) is 139 cm³/mol. The molecule has 1 amide bonds. The molecule has 0 fully saturated rings. The number of benzene rings is 3. The monoisotopic (exact) mass is 538 g/mol. The van der Waals surface area contributed by atoms with Gasteiger partial charge in [0.25, 0.3) is 10.0 Å². The van der Waals surface area contributed by atoms with Gasteiger partial charge in [-0.25, -0.2) is 8.42 Å². The molecular formula is C24H24Cl2N2O4S2. The zero-order valence-corrected chi connectivity index (χ0v) is 21.6. The molecule has 0 aromatic heterocycles. The van der Waals surface area contributed by atoms with Gasteiger partial charge in [0.2, 0.25) is 5.91 Å². The number of carbonyl (C=O) groups is 1. The SMILES string of the molecule is CCOc1ccc(N(CC(=O)NCCSc2ccc(Cl)cc2)S(=O)(=O)c2ccc(Cl)cc2)cc1. The highest BCUT2D eigenvalue weighted by atomic mass is 35.5. The van der Waals surface area contributed by atoms with E-state index in [-0.39, 0.29) is 11.4 Å². The molecule has 0 bridgehead atoms. The summed E-state index contributed by atoms with van der Waals surface area (Å²) in [5.41, 5.74) is 0.351. The molecule has 6 nitrogen and oxygen atoms in total. The maximum Gasteiger partial charge on any atom is 0.264 e. The van der Waals surface area contributed by atoms with Crippen molar-refractivity contribution in [1.29, 1.82) is 0 Å². The van der Waals surface area contributed by atoms with E-state index in [1.807, 2.05) is 19.1 Å². The standard InChI is InChI=1S/C24H24Cl2N2O4S2/c1-2-32-21-9-7-20(8-10-21)28(34(30,31)23-13-5-19(26)6-14-23)17-24(29)27-15-16-33-22-11-3-18(25)4-12-22/h3-14H,2,15-17H2,1H3,(H,27,29). The summed E-state index contributed by atoms with van der Waals surface area (Å²) in [6.45, 7) is 2.36. The normalized spacial score (nSPS) is 11.1. The van der Waals surface area contributed by atoms with Crippen LogP contribution in [0.3, 0.4) is 0 Å². The first-order valence-electron chi connectivity index (χ1n) is 10.5. The second kappa shape index (κ2) is 12.4. The van der Waals surface area contributed by atoms with Crippen molar-refractivity contribution in [1.82, 2.24) is 5.32 Å². The van der Waals surface area contributed by atoms with E-state index in [0.29, 0.717) is 40.4 Å². The Morgan fingerprint density at radius 3 is 2.12 bits per heavy atom. The number of ether oxygens (including phenoxy) is 1. The lowest BCUT2D eigenvalue weighted by atomic mass is 10.3. The fraction of sp³-hybridized carbons (Fsp3) is 0.208. The quantitative estimate of drug-likeness (QED) is 0.258. The Morgan fingerprint density at radius 2 is 1.53 bits per heavy atom. The third kappa shape index (κ3) is 7.30.